The second-order valence-corrected chi connectivity index (χ2v) is 5.60. The van der Waals surface area contributed by atoms with Gasteiger partial charge in [0.1, 0.15) is 11.5 Å². The molecule has 0 radical (unpaired) electrons. The molecule has 0 atom stereocenters. The molecule has 0 unspecified atom stereocenters. The van der Waals surface area contributed by atoms with Crippen LogP contribution in [0.5, 0.6) is 11.5 Å². The highest BCUT2D eigenvalue weighted by Gasteiger charge is 2.10. The zero-order chi connectivity index (χ0) is 21.2. The van der Waals surface area contributed by atoms with E-state index < -0.39 is 12.5 Å². The fourth-order valence-electron chi connectivity index (χ4n) is 2.20. The molecular formula is C19H19F2N3O5. The topological polar surface area (TPSA) is 98.3 Å². The summed E-state index contributed by atoms with van der Waals surface area (Å²) in [4.78, 5) is 28.1. The number of oxime groups is 1. The molecule has 0 saturated carbocycles. The minimum atomic E-state index is -2.89. The number of carbonyl (C=O) groups excluding carboxylic acids is 2. The normalized spacial score (nSPS) is 10.7. The van der Waals surface area contributed by atoms with Gasteiger partial charge >= 0.3 is 6.61 Å². The van der Waals surface area contributed by atoms with Gasteiger partial charge in [-0.25, -0.2) is 0 Å². The van der Waals surface area contributed by atoms with E-state index in [1.807, 2.05) is 0 Å². The number of nitrogens with zero attached hydrogens (tertiary/aromatic N) is 1. The summed E-state index contributed by atoms with van der Waals surface area (Å²) in [5, 5.41) is 8.85. The van der Waals surface area contributed by atoms with Crippen LogP contribution in [0.1, 0.15) is 12.5 Å². The Morgan fingerprint density at radius 2 is 1.86 bits per heavy atom. The molecule has 2 rings (SSSR count). The first-order valence-corrected chi connectivity index (χ1v) is 8.33. The van der Waals surface area contributed by atoms with E-state index in [9.17, 15) is 18.4 Å². The van der Waals surface area contributed by atoms with Crippen molar-refractivity contribution < 1.29 is 32.7 Å². The third-order valence-electron chi connectivity index (χ3n) is 3.37. The summed E-state index contributed by atoms with van der Waals surface area (Å²) in [7, 11) is 1.45. The SMILES string of the molecule is COc1ccc(NC(C)=O)cc1NC(=O)CO/N=C/c1ccc(OC(F)F)cc1. The van der Waals surface area contributed by atoms with Gasteiger partial charge in [-0.05, 0) is 48.0 Å². The molecule has 0 aliphatic rings. The first-order chi connectivity index (χ1) is 13.9. The van der Waals surface area contributed by atoms with E-state index in [4.69, 9.17) is 9.57 Å². The van der Waals surface area contributed by atoms with Crippen molar-refractivity contribution in [2.75, 3.05) is 24.4 Å². The van der Waals surface area contributed by atoms with Crippen LogP contribution in [0.3, 0.4) is 0 Å². The average Bonchev–Trinajstić information content (AvgIpc) is 2.66. The highest BCUT2D eigenvalue weighted by Crippen LogP contribution is 2.27. The molecule has 2 aromatic rings. The van der Waals surface area contributed by atoms with Gasteiger partial charge in [0, 0.05) is 12.6 Å². The minimum Gasteiger partial charge on any atom is -0.495 e. The van der Waals surface area contributed by atoms with Crippen molar-refractivity contribution in [1.29, 1.82) is 0 Å². The first-order valence-electron chi connectivity index (χ1n) is 8.33. The number of carbonyl (C=O) groups is 2. The molecule has 0 heterocycles. The van der Waals surface area contributed by atoms with Gasteiger partial charge in [0.05, 0.1) is 19.0 Å². The van der Waals surface area contributed by atoms with E-state index in [2.05, 4.69) is 20.5 Å². The lowest BCUT2D eigenvalue weighted by molar-refractivity contribution is -0.120. The predicted molar refractivity (Wildman–Crippen MR) is 103 cm³/mol. The second kappa shape index (κ2) is 10.6. The maximum atomic E-state index is 12.1. The lowest BCUT2D eigenvalue weighted by Gasteiger charge is -2.12. The van der Waals surface area contributed by atoms with Crippen LogP contribution < -0.4 is 20.1 Å². The Labute approximate surface area is 165 Å². The molecule has 29 heavy (non-hydrogen) atoms. The molecule has 0 bridgehead atoms. The van der Waals surface area contributed by atoms with Gasteiger partial charge in [-0.1, -0.05) is 5.16 Å². The van der Waals surface area contributed by atoms with Gasteiger partial charge in [0.25, 0.3) is 5.91 Å². The summed E-state index contributed by atoms with van der Waals surface area (Å²) >= 11 is 0. The quantitative estimate of drug-likeness (QED) is 0.491. The Morgan fingerprint density at radius 1 is 1.14 bits per heavy atom. The number of halogens is 2. The lowest BCUT2D eigenvalue weighted by Crippen LogP contribution is -2.18. The molecular weight excluding hydrogens is 388 g/mol. The Balaban J connectivity index is 1.88. The van der Waals surface area contributed by atoms with Crippen molar-refractivity contribution in [3.05, 3.63) is 48.0 Å². The summed E-state index contributed by atoms with van der Waals surface area (Å²) in [6.07, 6.45) is 1.32. The molecule has 10 heteroatoms. The van der Waals surface area contributed by atoms with Crippen LogP contribution in [0.2, 0.25) is 0 Å². The summed E-state index contributed by atoms with van der Waals surface area (Å²) in [6.45, 7) is -1.90. The molecule has 2 N–H and O–H groups in total. The van der Waals surface area contributed by atoms with Crippen LogP contribution in [0, 0.1) is 0 Å². The smallest absolute Gasteiger partial charge is 0.387 e. The molecule has 0 saturated heterocycles. The Bertz CT molecular complexity index is 873. The van der Waals surface area contributed by atoms with Gasteiger partial charge in [-0.15, -0.1) is 0 Å². The van der Waals surface area contributed by atoms with Gasteiger partial charge in [0.2, 0.25) is 5.91 Å². The molecule has 0 aliphatic carbocycles. The van der Waals surface area contributed by atoms with Crippen molar-refractivity contribution in [2.24, 2.45) is 5.16 Å². The van der Waals surface area contributed by atoms with Crippen molar-refractivity contribution >= 4 is 29.4 Å². The van der Waals surface area contributed by atoms with Gasteiger partial charge < -0.3 is 24.9 Å². The van der Waals surface area contributed by atoms with Crippen LogP contribution in [0.4, 0.5) is 20.2 Å². The van der Waals surface area contributed by atoms with Gasteiger partial charge in [0.15, 0.2) is 6.61 Å². The van der Waals surface area contributed by atoms with E-state index in [1.54, 1.807) is 18.2 Å². The predicted octanol–water partition coefficient (Wildman–Crippen LogP) is 3.24. The van der Waals surface area contributed by atoms with E-state index in [-0.39, 0.29) is 18.3 Å². The number of hydrogen-bond acceptors (Lipinski definition) is 6. The standard InChI is InChI=1S/C19H19F2N3O5/c1-12(25)23-14-5-8-17(27-2)16(9-14)24-18(26)11-28-22-10-13-3-6-15(7-4-13)29-19(20)21/h3-10,19H,11H2,1-2H3,(H,23,25)(H,24,26)/b22-10+. The van der Waals surface area contributed by atoms with Crippen LogP contribution in [-0.2, 0) is 14.4 Å². The largest absolute Gasteiger partial charge is 0.495 e. The third kappa shape index (κ3) is 7.45. The van der Waals surface area contributed by atoms with Crippen LogP contribution in [0.15, 0.2) is 47.6 Å². The van der Waals surface area contributed by atoms with Crippen LogP contribution in [-0.4, -0.2) is 38.4 Å². The number of amides is 2. The summed E-state index contributed by atoms with van der Waals surface area (Å²) < 4.78 is 33.6. The van der Waals surface area contributed by atoms with E-state index in [0.29, 0.717) is 22.7 Å². The fourth-order valence-corrected chi connectivity index (χ4v) is 2.20. The molecule has 0 aromatic heterocycles. The van der Waals surface area contributed by atoms with Gasteiger partial charge in [-0.3, -0.25) is 9.59 Å². The third-order valence-corrected chi connectivity index (χ3v) is 3.37. The summed E-state index contributed by atoms with van der Waals surface area (Å²) in [5.74, 6) is -0.324. The first kappa shape index (κ1) is 21.6. The molecule has 2 aromatic carbocycles. The van der Waals surface area contributed by atoms with E-state index in [0.717, 1.165) is 0 Å². The lowest BCUT2D eigenvalue weighted by atomic mass is 10.2. The fraction of sp³-hybridized carbons (Fsp3) is 0.211. The second-order valence-electron chi connectivity index (χ2n) is 5.60. The van der Waals surface area contributed by atoms with Crippen LogP contribution in [0.25, 0.3) is 0 Å². The number of benzene rings is 2. The maximum absolute atomic E-state index is 12.1. The Morgan fingerprint density at radius 3 is 2.48 bits per heavy atom. The highest BCUT2D eigenvalue weighted by atomic mass is 19.3. The molecule has 0 fully saturated rings. The number of ether oxygens (including phenoxy) is 2. The number of nitrogens with one attached hydrogen (secondary N) is 2. The van der Waals surface area contributed by atoms with Crippen molar-refractivity contribution in [1.82, 2.24) is 0 Å². The molecule has 0 spiro atoms. The summed E-state index contributed by atoms with van der Waals surface area (Å²) in [6, 6.07) is 10.5. The van der Waals surface area contributed by atoms with E-state index in [1.165, 1.54) is 44.5 Å². The Hall–Kier alpha value is -3.69. The number of anilines is 2. The van der Waals surface area contributed by atoms with Crippen LogP contribution >= 0.6 is 0 Å². The number of rotatable bonds is 9. The van der Waals surface area contributed by atoms with Crippen molar-refractivity contribution in [3.63, 3.8) is 0 Å². The van der Waals surface area contributed by atoms with E-state index >= 15 is 0 Å². The van der Waals surface area contributed by atoms with Gasteiger partial charge in [-0.2, -0.15) is 8.78 Å². The zero-order valence-electron chi connectivity index (χ0n) is 15.6. The Kier molecular flexibility index (Phi) is 7.89. The number of alkyl halides is 2. The maximum Gasteiger partial charge on any atom is 0.387 e. The molecule has 2 amide bonds. The zero-order valence-corrected chi connectivity index (χ0v) is 15.6. The average molecular weight is 407 g/mol. The highest BCUT2D eigenvalue weighted by molar-refractivity contribution is 5.95. The monoisotopic (exact) mass is 407 g/mol. The van der Waals surface area contributed by atoms with Crippen molar-refractivity contribution in [3.8, 4) is 11.5 Å². The number of hydrogen-bond donors (Lipinski definition) is 2. The number of methoxy groups -OCH3 is 1. The van der Waals surface area contributed by atoms with Crippen molar-refractivity contribution in [2.45, 2.75) is 13.5 Å². The molecule has 8 nitrogen and oxygen atoms in total. The molecule has 154 valence electrons. The molecule has 0 aliphatic heterocycles. The summed E-state index contributed by atoms with van der Waals surface area (Å²) in [5.41, 5.74) is 1.41. The minimum absolute atomic E-state index is 0.0212.